The first-order chi connectivity index (χ1) is 14.6. The highest BCUT2D eigenvalue weighted by Crippen LogP contribution is 2.34. The number of nitrogens with zero attached hydrogens (tertiary/aromatic N) is 2. The zero-order valence-electron chi connectivity index (χ0n) is 16.3. The highest BCUT2D eigenvalue weighted by molar-refractivity contribution is 7.00. The molecule has 0 aliphatic heterocycles. The van der Waals surface area contributed by atoms with E-state index >= 15 is 0 Å². The summed E-state index contributed by atoms with van der Waals surface area (Å²) in [4.78, 5) is 11.7. The van der Waals surface area contributed by atoms with Crippen LogP contribution < -0.4 is 15.7 Å². The molecule has 0 bridgehead atoms. The number of aryl methyl sites for hydroxylation is 1. The van der Waals surface area contributed by atoms with Crippen LogP contribution in [0.25, 0.3) is 33.1 Å². The Morgan fingerprint density at radius 2 is 1.77 bits per heavy atom. The number of nitrogens with one attached hydrogen (secondary N) is 1. The molecule has 0 saturated heterocycles. The first kappa shape index (κ1) is 18.3. The van der Waals surface area contributed by atoms with Gasteiger partial charge in [0.05, 0.1) is 24.5 Å². The molecule has 0 radical (unpaired) electrons. The maximum absolute atomic E-state index is 11.7. The van der Waals surface area contributed by atoms with Crippen molar-refractivity contribution in [2.24, 2.45) is 0 Å². The fourth-order valence-corrected chi connectivity index (χ4v) is 4.10. The summed E-state index contributed by atoms with van der Waals surface area (Å²) in [5.41, 5.74) is 6.41. The van der Waals surface area contributed by atoms with Crippen molar-refractivity contribution in [2.45, 2.75) is 6.92 Å². The van der Waals surface area contributed by atoms with Gasteiger partial charge in [-0.15, -0.1) is 0 Å². The highest BCUT2D eigenvalue weighted by Gasteiger charge is 2.13. The number of anilines is 2. The Balaban J connectivity index is 1.55. The normalized spacial score (nSPS) is 11.1. The van der Waals surface area contributed by atoms with Crippen molar-refractivity contribution < 1.29 is 9.15 Å². The second kappa shape index (κ2) is 7.27. The van der Waals surface area contributed by atoms with Crippen LogP contribution in [-0.2, 0) is 0 Å². The maximum atomic E-state index is 11.7. The molecule has 2 heterocycles. The number of hydrogen-bond acceptors (Lipinski definition) is 7. The minimum atomic E-state index is -0.355. The third-order valence-electron chi connectivity index (χ3n) is 5.05. The topological polar surface area (TPSA) is 77.2 Å². The molecule has 30 heavy (non-hydrogen) atoms. The van der Waals surface area contributed by atoms with Crippen LogP contribution in [0.15, 0.2) is 69.9 Å². The van der Waals surface area contributed by atoms with Gasteiger partial charge in [0.1, 0.15) is 22.4 Å². The first-order valence-electron chi connectivity index (χ1n) is 9.33. The Labute approximate surface area is 176 Å². The lowest BCUT2D eigenvalue weighted by Crippen LogP contribution is -1.98. The molecule has 6 nitrogen and oxygen atoms in total. The Morgan fingerprint density at radius 3 is 2.57 bits per heavy atom. The molecular weight excluding hydrogens is 398 g/mol. The summed E-state index contributed by atoms with van der Waals surface area (Å²) >= 11 is 1.18. The van der Waals surface area contributed by atoms with E-state index in [4.69, 9.17) is 9.15 Å². The predicted octanol–water partition coefficient (Wildman–Crippen LogP) is 5.53. The van der Waals surface area contributed by atoms with Gasteiger partial charge < -0.3 is 14.5 Å². The quantitative estimate of drug-likeness (QED) is 0.389. The van der Waals surface area contributed by atoms with Gasteiger partial charge in [-0.05, 0) is 54.4 Å². The molecule has 1 N–H and O–H groups in total. The maximum Gasteiger partial charge on any atom is 0.336 e. The summed E-state index contributed by atoms with van der Waals surface area (Å²) in [5.74, 6) is 0.808. The molecule has 5 aromatic rings. The monoisotopic (exact) mass is 415 g/mol. The van der Waals surface area contributed by atoms with Gasteiger partial charge in [-0.1, -0.05) is 12.1 Å². The van der Waals surface area contributed by atoms with Gasteiger partial charge in [-0.2, -0.15) is 8.75 Å². The average molecular weight is 415 g/mol. The van der Waals surface area contributed by atoms with E-state index in [0.717, 1.165) is 50.2 Å². The SMILES string of the molecule is COc1ccc(-c2ccc(Nc3ccc4c(C)cc(=O)oc4c3)c3nsnc23)cc1. The van der Waals surface area contributed by atoms with E-state index in [1.807, 2.05) is 61.5 Å². The van der Waals surface area contributed by atoms with Crippen molar-refractivity contribution in [1.82, 2.24) is 8.75 Å². The molecule has 0 fully saturated rings. The van der Waals surface area contributed by atoms with E-state index in [0.29, 0.717) is 5.58 Å². The van der Waals surface area contributed by atoms with E-state index in [9.17, 15) is 4.79 Å². The second-order valence-corrected chi connectivity index (χ2v) is 7.46. The van der Waals surface area contributed by atoms with Crippen LogP contribution in [0.4, 0.5) is 11.4 Å². The van der Waals surface area contributed by atoms with E-state index in [1.165, 1.54) is 17.8 Å². The van der Waals surface area contributed by atoms with Crippen molar-refractivity contribution in [3.63, 3.8) is 0 Å². The van der Waals surface area contributed by atoms with Crippen molar-refractivity contribution in [1.29, 1.82) is 0 Å². The zero-order valence-corrected chi connectivity index (χ0v) is 17.1. The van der Waals surface area contributed by atoms with Crippen LogP contribution in [0.3, 0.4) is 0 Å². The Morgan fingerprint density at radius 1 is 0.967 bits per heavy atom. The van der Waals surface area contributed by atoms with E-state index in [-0.39, 0.29) is 5.63 Å². The average Bonchev–Trinajstić information content (AvgIpc) is 3.24. The largest absolute Gasteiger partial charge is 0.497 e. The number of fused-ring (bicyclic) bond motifs is 2. The molecule has 0 aliphatic carbocycles. The van der Waals surface area contributed by atoms with Gasteiger partial charge in [-0.3, -0.25) is 0 Å². The summed E-state index contributed by atoms with van der Waals surface area (Å²) in [6.45, 7) is 1.90. The fraction of sp³-hybridized carbons (Fsp3) is 0.0870. The lowest BCUT2D eigenvalue weighted by molar-refractivity contribution is 0.415. The second-order valence-electron chi connectivity index (χ2n) is 6.94. The molecule has 0 atom stereocenters. The number of ether oxygens (including phenoxy) is 1. The molecule has 2 aromatic heterocycles. The highest BCUT2D eigenvalue weighted by atomic mass is 32.1. The molecular formula is C23H17N3O3S. The van der Waals surface area contributed by atoms with Crippen molar-refractivity contribution in [3.8, 4) is 16.9 Å². The standard InChI is InChI=1S/C23H17N3O3S/c1-13-11-21(27)29-20-12-15(5-8-17(13)20)24-19-10-9-18(22-23(19)26-30-25-22)14-3-6-16(28-2)7-4-14/h3-12,24H,1-2H3. The first-order valence-corrected chi connectivity index (χ1v) is 10.1. The minimum Gasteiger partial charge on any atom is -0.497 e. The summed E-state index contributed by atoms with van der Waals surface area (Å²) in [6, 6.07) is 19.1. The van der Waals surface area contributed by atoms with E-state index < -0.39 is 0 Å². The number of hydrogen-bond donors (Lipinski definition) is 1. The third-order valence-corrected chi connectivity index (χ3v) is 5.58. The molecule has 0 spiro atoms. The molecule has 0 aliphatic rings. The van der Waals surface area contributed by atoms with Gasteiger partial charge in [0, 0.05) is 28.8 Å². The van der Waals surface area contributed by atoms with Crippen LogP contribution in [-0.4, -0.2) is 15.9 Å². The molecule has 0 amide bonds. The summed E-state index contributed by atoms with van der Waals surface area (Å²) in [7, 11) is 1.65. The van der Waals surface area contributed by atoms with Crippen LogP contribution in [0.2, 0.25) is 0 Å². The molecule has 148 valence electrons. The zero-order chi connectivity index (χ0) is 20.7. The lowest BCUT2D eigenvalue weighted by Gasteiger charge is -2.10. The van der Waals surface area contributed by atoms with Gasteiger partial charge in [0.25, 0.3) is 0 Å². The third kappa shape index (κ3) is 3.19. The Bertz CT molecular complexity index is 1440. The minimum absolute atomic E-state index is 0.355. The molecule has 7 heteroatoms. The van der Waals surface area contributed by atoms with Gasteiger partial charge in [0.15, 0.2) is 0 Å². The van der Waals surface area contributed by atoms with Crippen LogP contribution in [0, 0.1) is 6.92 Å². The van der Waals surface area contributed by atoms with Crippen molar-refractivity contribution >= 4 is 45.1 Å². The van der Waals surface area contributed by atoms with Crippen LogP contribution in [0.5, 0.6) is 5.75 Å². The van der Waals surface area contributed by atoms with E-state index in [2.05, 4.69) is 14.1 Å². The number of aromatic nitrogens is 2. The van der Waals surface area contributed by atoms with Crippen molar-refractivity contribution in [3.05, 3.63) is 76.6 Å². The molecule has 0 unspecified atom stereocenters. The lowest BCUT2D eigenvalue weighted by atomic mass is 10.0. The van der Waals surface area contributed by atoms with Crippen molar-refractivity contribution in [2.75, 3.05) is 12.4 Å². The smallest absolute Gasteiger partial charge is 0.336 e. The Hall–Kier alpha value is -3.71. The van der Waals surface area contributed by atoms with Gasteiger partial charge in [0.2, 0.25) is 0 Å². The number of methoxy groups -OCH3 is 1. The molecule has 0 saturated carbocycles. The number of benzene rings is 3. The number of rotatable bonds is 4. The summed E-state index contributed by atoms with van der Waals surface area (Å²) in [5, 5.41) is 4.30. The van der Waals surface area contributed by atoms with Gasteiger partial charge in [-0.25, -0.2) is 4.79 Å². The predicted molar refractivity (Wildman–Crippen MR) is 120 cm³/mol. The van der Waals surface area contributed by atoms with Crippen LogP contribution >= 0.6 is 11.7 Å². The van der Waals surface area contributed by atoms with E-state index in [1.54, 1.807) is 7.11 Å². The van der Waals surface area contributed by atoms with Gasteiger partial charge >= 0.3 is 5.63 Å². The molecule has 5 rings (SSSR count). The molecule has 3 aromatic carbocycles. The van der Waals surface area contributed by atoms with Crippen LogP contribution in [0.1, 0.15) is 5.56 Å². The summed E-state index contributed by atoms with van der Waals surface area (Å²) in [6.07, 6.45) is 0. The fourth-order valence-electron chi connectivity index (χ4n) is 3.53. The Kier molecular flexibility index (Phi) is 4.44. The summed E-state index contributed by atoms with van der Waals surface area (Å²) < 4.78 is 19.6.